The number of aromatic nitrogens is 1. The van der Waals surface area contributed by atoms with Crippen molar-refractivity contribution in [1.29, 1.82) is 0 Å². The zero-order valence-corrected chi connectivity index (χ0v) is 13.8. The van der Waals surface area contributed by atoms with Crippen molar-refractivity contribution in [1.82, 2.24) is 4.98 Å². The summed E-state index contributed by atoms with van der Waals surface area (Å²) in [4.78, 5) is 4.41. The fraction of sp³-hybridized carbons (Fsp3) is 0.353. The van der Waals surface area contributed by atoms with Crippen LogP contribution < -0.4 is 0 Å². The number of hydrogen-bond donors (Lipinski definition) is 0. The Morgan fingerprint density at radius 2 is 1.70 bits per heavy atom. The molecule has 0 aliphatic rings. The summed E-state index contributed by atoms with van der Waals surface area (Å²) in [6.45, 7) is 8.66. The van der Waals surface area contributed by atoms with E-state index in [0.29, 0.717) is 5.15 Å². The maximum Gasteiger partial charge on any atom is 0.129 e. The van der Waals surface area contributed by atoms with Gasteiger partial charge in [-0.15, -0.1) is 0 Å². The van der Waals surface area contributed by atoms with Crippen LogP contribution in [0.4, 0.5) is 0 Å². The van der Waals surface area contributed by atoms with E-state index in [4.69, 9.17) is 23.2 Å². The Balaban J connectivity index is 2.63. The van der Waals surface area contributed by atoms with Crippen molar-refractivity contribution in [2.45, 2.75) is 39.5 Å². The lowest BCUT2D eigenvalue weighted by atomic mass is 9.85. The zero-order valence-electron chi connectivity index (χ0n) is 12.3. The van der Waals surface area contributed by atoms with Crippen molar-refractivity contribution in [2.24, 2.45) is 0 Å². The van der Waals surface area contributed by atoms with Crippen molar-refractivity contribution >= 4 is 23.2 Å². The first-order valence-corrected chi connectivity index (χ1v) is 7.54. The molecule has 1 nitrogen and oxygen atoms in total. The monoisotopic (exact) mass is 307 g/mol. The minimum Gasteiger partial charge on any atom is -0.241 e. The molecule has 0 unspecified atom stereocenters. The molecule has 0 fully saturated rings. The van der Waals surface area contributed by atoms with Gasteiger partial charge in [0, 0.05) is 21.8 Å². The lowest BCUT2D eigenvalue weighted by Gasteiger charge is -2.21. The van der Waals surface area contributed by atoms with Crippen LogP contribution in [0.3, 0.4) is 0 Å². The Hall–Kier alpha value is -1.05. The van der Waals surface area contributed by atoms with Gasteiger partial charge in [-0.05, 0) is 41.7 Å². The maximum absolute atomic E-state index is 6.39. The fourth-order valence-corrected chi connectivity index (χ4v) is 2.57. The van der Waals surface area contributed by atoms with Crippen LogP contribution in [0, 0.1) is 0 Å². The van der Waals surface area contributed by atoms with E-state index in [9.17, 15) is 0 Å². The quantitative estimate of drug-likeness (QED) is 0.628. The lowest BCUT2D eigenvalue weighted by molar-refractivity contribution is 0.590. The summed E-state index contributed by atoms with van der Waals surface area (Å²) in [7, 11) is 0. The van der Waals surface area contributed by atoms with Gasteiger partial charge < -0.3 is 0 Å². The normalized spacial score (nSPS) is 11.7. The Labute approximate surface area is 131 Å². The number of nitrogens with zero attached hydrogens (tertiary/aromatic N) is 1. The molecule has 0 radical (unpaired) electrons. The van der Waals surface area contributed by atoms with Gasteiger partial charge >= 0.3 is 0 Å². The van der Waals surface area contributed by atoms with Gasteiger partial charge in [0.15, 0.2) is 0 Å². The molecular weight excluding hydrogens is 289 g/mol. The minimum absolute atomic E-state index is 0.0889. The standard InChI is InChI=1S/C17H19Cl2N/c1-5-15-12(7-9-16(19)20-15)13-10-11(17(2,3)4)6-8-14(13)18/h6-10H,5H2,1-4H3. The molecule has 0 aliphatic heterocycles. The molecule has 1 aromatic heterocycles. The van der Waals surface area contributed by atoms with Crippen LogP contribution in [0.2, 0.25) is 10.2 Å². The van der Waals surface area contributed by atoms with Crippen molar-refractivity contribution in [3.8, 4) is 11.1 Å². The fourth-order valence-electron chi connectivity index (χ4n) is 2.19. The summed E-state index contributed by atoms with van der Waals surface area (Å²) in [5, 5.41) is 1.27. The van der Waals surface area contributed by atoms with Gasteiger partial charge in [0.25, 0.3) is 0 Å². The first-order valence-electron chi connectivity index (χ1n) is 6.78. The van der Waals surface area contributed by atoms with Crippen molar-refractivity contribution < 1.29 is 0 Å². The number of aryl methyl sites for hydroxylation is 1. The Kier molecular flexibility index (Phi) is 4.41. The summed E-state index contributed by atoms with van der Waals surface area (Å²) in [5.41, 5.74) is 4.42. The average Bonchev–Trinajstić information content (AvgIpc) is 2.38. The van der Waals surface area contributed by atoms with E-state index in [1.807, 2.05) is 18.2 Å². The molecule has 0 amide bonds. The van der Waals surface area contributed by atoms with Gasteiger partial charge in [0.05, 0.1) is 0 Å². The second-order valence-electron chi connectivity index (χ2n) is 5.93. The van der Waals surface area contributed by atoms with Crippen LogP contribution in [0.25, 0.3) is 11.1 Å². The molecule has 0 bridgehead atoms. The highest BCUT2D eigenvalue weighted by molar-refractivity contribution is 6.33. The van der Waals surface area contributed by atoms with Crippen LogP contribution in [-0.4, -0.2) is 4.98 Å². The first-order chi connectivity index (χ1) is 9.32. The molecule has 2 aromatic rings. The molecule has 0 saturated heterocycles. The molecule has 0 spiro atoms. The summed E-state index contributed by atoms with van der Waals surface area (Å²) >= 11 is 12.4. The largest absolute Gasteiger partial charge is 0.241 e. The first kappa shape index (κ1) is 15.3. The molecule has 2 rings (SSSR count). The molecular formula is C17H19Cl2N. The smallest absolute Gasteiger partial charge is 0.129 e. The van der Waals surface area contributed by atoms with E-state index in [1.165, 1.54) is 5.56 Å². The number of halogens is 2. The van der Waals surface area contributed by atoms with E-state index >= 15 is 0 Å². The van der Waals surface area contributed by atoms with Crippen molar-refractivity contribution in [2.75, 3.05) is 0 Å². The van der Waals surface area contributed by atoms with E-state index < -0.39 is 0 Å². The Bertz CT molecular complexity index is 627. The number of rotatable bonds is 2. The lowest BCUT2D eigenvalue weighted by Crippen LogP contribution is -2.11. The Morgan fingerprint density at radius 3 is 2.30 bits per heavy atom. The number of pyridine rings is 1. The van der Waals surface area contributed by atoms with E-state index in [0.717, 1.165) is 28.3 Å². The van der Waals surface area contributed by atoms with Gasteiger partial charge in [-0.3, -0.25) is 0 Å². The topological polar surface area (TPSA) is 12.9 Å². The van der Waals surface area contributed by atoms with Gasteiger partial charge in [-0.1, -0.05) is 57.0 Å². The highest BCUT2D eigenvalue weighted by atomic mass is 35.5. The minimum atomic E-state index is 0.0889. The highest BCUT2D eigenvalue weighted by Crippen LogP contribution is 2.35. The van der Waals surface area contributed by atoms with Crippen LogP contribution in [0.1, 0.15) is 39.0 Å². The van der Waals surface area contributed by atoms with Crippen LogP contribution in [-0.2, 0) is 11.8 Å². The average molecular weight is 308 g/mol. The second-order valence-corrected chi connectivity index (χ2v) is 6.72. The summed E-state index contributed by atoms with van der Waals surface area (Å²) in [5.74, 6) is 0. The predicted octanol–water partition coefficient (Wildman–Crippen LogP) is 5.92. The summed E-state index contributed by atoms with van der Waals surface area (Å²) < 4.78 is 0. The molecule has 0 aliphatic carbocycles. The molecule has 1 aromatic carbocycles. The summed E-state index contributed by atoms with van der Waals surface area (Å²) in [6, 6.07) is 10.0. The van der Waals surface area contributed by atoms with Crippen LogP contribution >= 0.6 is 23.2 Å². The third kappa shape index (κ3) is 3.16. The zero-order chi connectivity index (χ0) is 14.9. The third-order valence-corrected chi connectivity index (χ3v) is 3.94. The third-order valence-electron chi connectivity index (χ3n) is 3.40. The maximum atomic E-state index is 6.39. The van der Waals surface area contributed by atoms with Gasteiger partial charge in [-0.2, -0.15) is 0 Å². The highest BCUT2D eigenvalue weighted by Gasteiger charge is 2.17. The summed E-state index contributed by atoms with van der Waals surface area (Å²) in [6.07, 6.45) is 0.825. The van der Waals surface area contributed by atoms with Gasteiger partial charge in [0.2, 0.25) is 0 Å². The van der Waals surface area contributed by atoms with Crippen molar-refractivity contribution in [3.63, 3.8) is 0 Å². The predicted molar refractivity (Wildman–Crippen MR) is 87.8 cm³/mol. The molecule has 0 N–H and O–H groups in total. The molecule has 3 heteroatoms. The molecule has 20 heavy (non-hydrogen) atoms. The number of hydrogen-bond acceptors (Lipinski definition) is 1. The molecule has 0 atom stereocenters. The van der Waals surface area contributed by atoms with Crippen LogP contribution in [0.5, 0.6) is 0 Å². The van der Waals surface area contributed by atoms with E-state index in [2.05, 4.69) is 44.8 Å². The SMILES string of the molecule is CCc1nc(Cl)ccc1-c1cc(C(C)(C)C)ccc1Cl. The Morgan fingerprint density at radius 1 is 1.00 bits per heavy atom. The number of benzene rings is 1. The van der Waals surface area contributed by atoms with Gasteiger partial charge in [-0.25, -0.2) is 4.98 Å². The van der Waals surface area contributed by atoms with Crippen LogP contribution in [0.15, 0.2) is 30.3 Å². The molecule has 106 valence electrons. The van der Waals surface area contributed by atoms with E-state index in [1.54, 1.807) is 0 Å². The van der Waals surface area contributed by atoms with Crippen molar-refractivity contribution in [3.05, 3.63) is 51.8 Å². The molecule has 0 saturated carbocycles. The molecule has 1 heterocycles. The second kappa shape index (κ2) is 5.75. The van der Waals surface area contributed by atoms with E-state index in [-0.39, 0.29) is 5.41 Å². The van der Waals surface area contributed by atoms with Gasteiger partial charge in [0.1, 0.15) is 5.15 Å².